The first-order chi connectivity index (χ1) is 8.16. The van der Waals surface area contributed by atoms with E-state index in [1.807, 2.05) is 24.3 Å². The molecule has 3 nitrogen and oxygen atoms in total. The Labute approximate surface area is 107 Å². The second-order valence-corrected chi connectivity index (χ2v) is 4.98. The zero-order chi connectivity index (χ0) is 12.3. The Morgan fingerprint density at radius 2 is 2.24 bits per heavy atom. The van der Waals surface area contributed by atoms with Gasteiger partial charge in [-0.3, -0.25) is 9.69 Å². The lowest BCUT2D eigenvalue weighted by Gasteiger charge is -2.31. The van der Waals surface area contributed by atoms with E-state index in [9.17, 15) is 4.79 Å². The van der Waals surface area contributed by atoms with Gasteiger partial charge < -0.3 is 5.73 Å². The maximum Gasteiger partial charge on any atom is 0.221 e. The van der Waals surface area contributed by atoms with Crippen molar-refractivity contribution in [3.8, 4) is 0 Å². The zero-order valence-corrected chi connectivity index (χ0v) is 10.5. The molecular weight excluding hydrogens is 236 g/mol. The summed E-state index contributed by atoms with van der Waals surface area (Å²) in [5.74, 6) is -0.194. The van der Waals surface area contributed by atoms with Crippen molar-refractivity contribution in [3.05, 3.63) is 34.9 Å². The van der Waals surface area contributed by atoms with Gasteiger partial charge in [0.25, 0.3) is 0 Å². The molecule has 0 aliphatic carbocycles. The van der Waals surface area contributed by atoms with E-state index in [1.165, 1.54) is 0 Å². The van der Waals surface area contributed by atoms with E-state index < -0.39 is 0 Å². The van der Waals surface area contributed by atoms with Crippen molar-refractivity contribution in [3.63, 3.8) is 0 Å². The van der Waals surface area contributed by atoms with Crippen molar-refractivity contribution < 1.29 is 4.79 Å². The highest BCUT2D eigenvalue weighted by Gasteiger charge is 2.24. The van der Waals surface area contributed by atoms with Crippen LogP contribution in [-0.4, -0.2) is 23.9 Å². The second kappa shape index (κ2) is 5.52. The minimum Gasteiger partial charge on any atom is -0.369 e. The monoisotopic (exact) mass is 252 g/mol. The minimum absolute atomic E-state index is 0.00811. The Bertz CT molecular complexity index is 408. The van der Waals surface area contributed by atoms with Crippen LogP contribution in [0.1, 0.15) is 18.4 Å². The Balaban J connectivity index is 1.99. The van der Waals surface area contributed by atoms with Crippen molar-refractivity contribution in [2.24, 2.45) is 11.7 Å². The van der Waals surface area contributed by atoms with Crippen molar-refractivity contribution >= 4 is 17.5 Å². The number of hydrogen-bond donors (Lipinski definition) is 1. The molecule has 1 aliphatic rings. The number of likely N-dealkylation sites (tertiary alicyclic amines) is 1. The molecule has 0 spiro atoms. The highest BCUT2D eigenvalue weighted by Crippen LogP contribution is 2.21. The number of carbonyl (C=O) groups is 1. The van der Waals surface area contributed by atoms with E-state index in [1.54, 1.807) is 0 Å². The molecule has 17 heavy (non-hydrogen) atoms. The van der Waals surface area contributed by atoms with Gasteiger partial charge in [-0.1, -0.05) is 29.8 Å². The van der Waals surface area contributed by atoms with Crippen molar-refractivity contribution in [2.75, 3.05) is 13.1 Å². The average Bonchev–Trinajstić information content (AvgIpc) is 2.32. The van der Waals surface area contributed by atoms with Gasteiger partial charge in [0.05, 0.1) is 5.92 Å². The van der Waals surface area contributed by atoms with Gasteiger partial charge in [0.15, 0.2) is 0 Å². The predicted molar refractivity (Wildman–Crippen MR) is 68.6 cm³/mol. The van der Waals surface area contributed by atoms with Gasteiger partial charge in [0.1, 0.15) is 0 Å². The normalized spacial score (nSPS) is 21.4. The molecule has 1 aromatic rings. The Morgan fingerprint density at radius 1 is 1.47 bits per heavy atom. The molecular formula is C13H17ClN2O. The number of hydrogen-bond acceptors (Lipinski definition) is 2. The number of nitrogens with two attached hydrogens (primary N) is 1. The molecule has 1 heterocycles. The SMILES string of the molecule is NC(=O)[C@@H]1CCCN(Cc2ccccc2Cl)C1. The molecule has 0 bridgehead atoms. The summed E-state index contributed by atoms with van der Waals surface area (Å²) in [4.78, 5) is 13.4. The van der Waals surface area contributed by atoms with E-state index in [2.05, 4.69) is 4.90 Å². The summed E-state index contributed by atoms with van der Waals surface area (Å²) in [6.07, 6.45) is 1.94. The number of benzene rings is 1. The summed E-state index contributed by atoms with van der Waals surface area (Å²) >= 11 is 6.12. The molecule has 2 N–H and O–H groups in total. The van der Waals surface area contributed by atoms with Gasteiger partial charge >= 0.3 is 0 Å². The summed E-state index contributed by atoms with van der Waals surface area (Å²) in [6, 6.07) is 7.83. The lowest BCUT2D eigenvalue weighted by molar-refractivity contribution is -0.123. The zero-order valence-electron chi connectivity index (χ0n) is 9.73. The fourth-order valence-electron chi connectivity index (χ4n) is 2.30. The van der Waals surface area contributed by atoms with Crippen LogP contribution in [-0.2, 0) is 11.3 Å². The van der Waals surface area contributed by atoms with Crippen molar-refractivity contribution in [1.82, 2.24) is 4.90 Å². The van der Waals surface area contributed by atoms with Crippen LogP contribution < -0.4 is 5.73 Å². The topological polar surface area (TPSA) is 46.3 Å². The number of piperidine rings is 1. The van der Waals surface area contributed by atoms with Crippen LogP contribution in [0.15, 0.2) is 24.3 Å². The van der Waals surface area contributed by atoms with Gasteiger partial charge in [0, 0.05) is 18.1 Å². The number of carbonyl (C=O) groups excluding carboxylic acids is 1. The van der Waals surface area contributed by atoms with Crippen LogP contribution in [0.4, 0.5) is 0 Å². The standard InChI is InChI=1S/C13H17ClN2O/c14-12-6-2-1-4-10(12)8-16-7-3-5-11(9-16)13(15)17/h1-2,4,6,11H,3,5,7-9H2,(H2,15,17)/t11-/m1/s1. The van der Waals surface area contributed by atoms with Crippen LogP contribution >= 0.6 is 11.6 Å². The van der Waals surface area contributed by atoms with E-state index in [4.69, 9.17) is 17.3 Å². The maximum atomic E-state index is 11.2. The molecule has 1 atom stereocenters. The third kappa shape index (κ3) is 3.20. The van der Waals surface area contributed by atoms with E-state index in [-0.39, 0.29) is 11.8 Å². The van der Waals surface area contributed by atoms with Crippen molar-refractivity contribution in [1.29, 1.82) is 0 Å². The summed E-state index contributed by atoms with van der Waals surface area (Å²) in [6.45, 7) is 2.55. The van der Waals surface area contributed by atoms with Crippen LogP contribution in [0, 0.1) is 5.92 Å². The van der Waals surface area contributed by atoms with Crippen LogP contribution in [0.5, 0.6) is 0 Å². The number of nitrogens with zero attached hydrogens (tertiary/aromatic N) is 1. The maximum absolute atomic E-state index is 11.2. The molecule has 0 aromatic heterocycles. The number of halogens is 1. The Hall–Kier alpha value is -1.06. The first-order valence-corrected chi connectivity index (χ1v) is 6.29. The van der Waals surface area contributed by atoms with Crippen LogP contribution in [0.2, 0.25) is 5.02 Å². The van der Waals surface area contributed by atoms with Gasteiger partial charge in [-0.15, -0.1) is 0 Å². The fourth-order valence-corrected chi connectivity index (χ4v) is 2.49. The van der Waals surface area contributed by atoms with Gasteiger partial charge in [-0.05, 0) is 31.0 Å². The highest BCUT2D eigenvalue weighted by molar-refractivity contribution is 6.31. The average molecular weight is 253 g/mol. The molecule has 4 heteroatoms. The van der Waals surface area contributed by atoms with E-state index in [0.29, 0.717) is 0 Å². The molecule has 1 fully saturated rings. The molecule has 1 amide bonds. The van der Waals surface area contributed by atoms with Gasteiger partial charge in [0.2, 0.25) is 5.91 Å². The summed E-state index contributed by atoms with van der Waals surface area (Å²) < 4.78 is 0. The second-order valence-electron chi connectivity index (χ2n) is 4.57. The van der Waals surface area contributed by atoms with Gasteiger partial charge in [-0.2, -0.15) is 0 Å². The first-order valence-electron chi connectivity index (χ1n) is 5.92. The first kappa shape index (κ1) is 12.4. The van der Waals surface area contributed by atoms with Crippen molar-refractivity contribution in [2.45, 2.75) is 19.4 Å². The smallest absolute Gasteiger partial charge is 0.221 e. The molecule has 0 radical (unpaired) electrons. The summed E-state index contributed by atoms with van der Waals surface area (Å²) in [7, 11) is 0. The molecule has 0 unspecified atom stereocenters. The molecule has 1 saturated heterocycles. The minimum atomic E-state index is -0.186. The summed E-state index contributed by atoms with van der Waals surface area (Å²) in [5.41, 5.74) is 6.47. The van der Waals surface area contributed by atoms with Crippen LogP contribution in [0.25, 0.3) is 0 Å². The number of rotatable bonds is 3. The summed E-state index contributed by atoms with van der Waals surface area (Å²) in [5, 5.41) is 0.786. The molecule has 92 valence electrons. The third-order valence-corrected chi connectivity index (χ3v) is 3.63. The van der Waals surface area contributed by atoms with Gasteiger partial charge in [-0.25, -0.2) is 0 Å². The van der Waals surface area contributed by atoms with E-state index in [0.717, 1.165) is 43.1 Å². The molecule has 2 rings (SSSR count). The highest BCUT2D eigenvalue weighted by atomic mass is 35.5. The molecule has 0 saturated carbocycles. The third-order valence-electron chi connectivity index (χ3n) is 3.26. The van der Waals surface area contributed by atoms with Crippen LogP contribution in [0.3, 0.4) is 0 Å². The number of amides is 1. The largest absolute Gasteiger partial charge is 0.369 e. The van der Waals surface area contributed by atoms with E-state index >= 15 is 0 Å². The molecule has 1 aliphatic heterocycles. The fraction of sp³-hybridized carbons (Fsp3) is 0.462. The Morgan fingerprint density at radius 3 is 2.94 bits per heavy atom. The number of primary amides is 1. The lowest BCUT2D eigenvalue weighted by Crippen LogP contribution is -2.40. The lowest BCUT2D eigenvalue weighted by atomic mass is 9.97. The Kier molecular flexibility index (Phi) is 4.02. The quantitative estimate of drug-likeness (QED) is 0.895. The molecule has 1 aromatic carbocycles. The predicted octanol–water partition coefficient (Wildman–Crippen LogP) is 2.04.